The molecule has 1 aromatic heterocycles. The molecular formula is C9H14N4O2S. The summed E-state index contributed by atoms with van der Waals surface area (Å²) in [4.78, 5) is 8.45. The van der Waals surface area contributed by atoms with Gasteiger partial charge in [-0.15, -0.1) is 0 Å². The van der Waals surface area contributed by atoms with Crippen molar-refractivity contribution in [2.24, 2.45) is 5.84 Å². The number of hydrazine groups is 1. The average molecular weight is 242 g/mol. The van der Waals surface area contributed by atoms with E-state index in [1.54, 1.807) is 6.07 Å². The molecule has 1 aliphatic heterocycles. The molecule has 2 heterocycles. The summed E-state index contributed by atoms with van der Waals surface area (Å²) in [5.74, 6) is 6.63. The van der Waals surface area contributed by atoms with E-state index >= 15 is 0 Å². The van der Waals surface area contributed by atoms with Crippen molar-refractivity contribution in [3.8, 4) is 0 Å². The summed E-state index contributed by atoms with van der Waals surface area (Å²) in [5.41, 5.74) is 3.23. The van der Waals surface area contributed by atoms with Crippen molar-refractivity contribution in [1.82, 2.24) is 9.97 Å². The zero-order chi connectivity index (χ0) is 11.8. The van der Waals surface area contributed by atoms with Gasteiger partial charge >= 0.3 is 0 Å². The maximum Gasteiger partial charge on any atom is 0.151 e. The Labute approximate surface area is 94.2 Å². The van der Waals surface area contributed by atoms with E-state index in [4.69, 9.17) is 5.84 Å². The fourth-order valence-electron chi connectivity index (χ4n) is 1.85. The molecule has 16 heavy (non-hydrogen) atoms. The van der Waals surface area contributed by atoms with E-state index in [9.17, 15) is 8.42 Å². The Bertz CT molecular complexity index is 500. The van der Waals surface area contributed by atoms with Gasteiger partial charge in [0.05, 0.1) is 11.5 Å². The smallest absolute Gasteiger partial charge is 0.151 e. The van der Waals surface area contributed by atoms with Crippen LogP contribution in [0.5, 0.6) is 0 Å². The van der Waals surface area contributed by atoms with Gasteiger partial charge in [0.25, 0.3) is 0 Å². The Balaban J connectivity index is 2.31. The predicted molar refractivity (Wildman–Crippen MR) is 60.6 cm³/mol. The second-order valence-electron chi connectivity index (χ2n) is 4.00. The molecule has 1 fully saturated rings. The van der Waals surface area contributed by atoms with Crippen molar-refractivity contribution in [3.05, 3.63) is 17.6 Å². The highest BCUT2D eigenvalue weighted by Gasteiger charge is 2.31. The van der Waals surface area contributed by atoms with Crippen molar-refractivity contribution < 1.29 is 8.42 Å². The van der Waals surface area contributed by atoms with Gasteiger partial charge in [0.2, 0.25) is 0 Å². The van der Waals surface area contributed by atoms with Gasteiger partial charge in [-0.1, -0.05) is 0 Å². The van der Waals surface area contributed by atoms with Crippen LogP contribution in [-0.4, -0.2) is 29.9 Å². The zero-order valence-corrected chi connectivity index (χ0v) is 9.79. The lowest BCUT2D eigenvalue weighted by Crippen LogP contribution is -2.13. The molecule has 2 rings (SSSR count). The van der Waals surface area contributed by atoms with Crippen LogP contribution >= 0.6 is 0 Å². The van der Waals surface area contributed by atoms with Crippen molar-refractivity contribution in [2.75, 3.05) is 16.9 Å². The number of nitrogens with one attached hydrogen (secondary N) is 1. The third-order valence-corrected chi connectivity index (χ3v) is 4.38. The summed E-state index contributed by atoms with van der Waals surface area (Å²) in [6.45, 7) is 1.83. The van der Waals surface area contributed by atoms with E-state index in [0.717, 1.165) is 5.69 Å². The number of anilines is 1. The minimum absolute atomic E-state index is 0.100. The highest BCUT2D eigenvalue weighted by atomic mass is 32.2. The summed E-state index contributed by atoms with van der Waals surface area (Å²) in [6, 6.07) is 1.72. The molecule has 0 saturated carbocycles. The first-order chi connectivity index (χ1) is 7.50. The Morgan fingerprint density at radius 2 is 2.25 bits per heavy atom. The quantitative estimate of drug-likeness (QED) is 0.558. The number of aromatic nitrogens is 2. The molecule has 0 aliphatic carbocycles. The standard InChI is InChI=1S/C9H14N4O2S/c1-6-4-8(13-10)12-9(11-6)7-2-3-16(14,15)5-7/h4,7H,2-3,5,10H2,1H3,(H,11,12,13). The maximum absolute atomic E-state index is 11.4. The predicted octanol–water partition coefficient (Wildman–Crippen LogP) is -0.0273. The van der Waals surface area contributed by atoms with Crippen molar-refractivity contribution >= 4 is 15.7 Å². The molecule has 1 unspecified atom stereocenters. The Morgan fingerprint density at radius 3 is 2.81 bits per heavy atom. The zero-order valence-electron chi connectivity index (χ0n) is 8.97. The van der Waals surface area contributed by atoms with Gasteiger partial charge in [-0.2, -0.15) is 0 Å². The Kier molecular flexibility index (Phi) is 2.81. The van der Waals surface area contributed by atoms with Crippen molar-refractivity contribution in [3.63, 3.8) is 0 Å². The number of sulfone groups is 1. The molecule has 1 aromatic rings. The lowest BCUT2D eigenvalue weighted by molar-refractivity contribution is 0.601. The van der Waals surface area contributed by atoms with Gasteiger partial charge in [0.1, 0.15) is 11.6 Å². The van der Waals surface area contributed by atoms with E-state index in [1.807, 2.05) is 6.92 Å². The van der Waals surface area contributed by atoms with Gasteiger partial charge < -0.3 is 5.43 Å². The number of nitrogens with zero attached hydrogens (tertiary/aromatic N) is 2. The molecule has 1 atom stereocenters. The van der Waals surface area contributed by atoms with Gasteiger partial charge in [-0.3, -0.25) is 0 Å². The van der Waals surface area contributed by atoms with Crippen LogP contribution in [0.4, 0.5) is 5.82 Å². The summed E-state index contributed by atoms with van der Waals surface area (Å²) < 4.78 is 22.7. The Morgan fingerprint density at radius 1 is 1.50 bits per heavy atom. The number of aryl methyl sites for hydroxylation is 1. The number of nitrogens with two attached hydrogens (primary N) is 1. The second kappa shape index (κ2) is 3.99. The first kappa shape index (κ1) is 11.3. The molecule has 1 aliphatic rings. The Hall–Kier alpha value is -1.21. The van der Waals surface area contributed by atoms with Crippen LogP contribution in [0.2, 0.25) is 0 Å². The normalized spacial score (nSPS) is 23.2. The molecule has 1 saturated heterocycles. The molecule has 88 valence electrons. The minimum atomic E-state index is -2.91. The van der Waals surface area contributed by atoms with E-state index < -0.39 is 9.84 Å². The van der Waals surface area contributed by atoms with E-state index in [1.165, 1.54) is 0 Å². The largest absolute Gasteiger partial charge is 0.308 e. The van der Waals surface area contributed by atoms with Crippen LogP contribution in [-0.2, 0) is 9.84 Å². The van der Waals surface area contributed by atoms with Crippen LogP contribution in [0.3, 0.4) is 0 Å². The van der Waals surface area contributed by atoms with Crippen LogP contribution in [0.25, 0.3) is 0 Å². The molecule has 6 nitrogen and oxygen atoms in total. The topological polar surface area (TPSA) is 98.0 Å². The van der Waals surface area contributed by atoms with E-state index in [2.05, 4.69) is 15.4 Å². The molecular weight excluding hydrogens is 228 g/mol. The number of hydrogen-bond acceptors (Lipinski definition) is 6. The number of nitrogen functional groups attached to an aromatic ring is 1. The fourth-order valence-corrected chi connectivity index (χ4v) is 3.59. The molecule has 7 heteroatoms. The number of rotatable bonds is 2. The lowest BCUT2D eigenvalue weighted by Gasteiger charge is -2.09. The van der Waals surface area contributed by atoms with Crippen molar-refractivity contribution in [1.29, 1.82) is 0 Å². The van der Waals surface area contributed by atoms with Crippen LogP contribution in [0.15, 0.2) is 6.07 Å². The lowest BCUT2D eigenvalue weighted by atomic mass is 10.1. The summed E-state index contributed by atoms with van der Waals surface area (Å²) >= 11 is 0. The molecule has 3 N–H and O–H groups in total. The first-order valence-corrected chi connectivity index (χ1v) is 6.85. The summed E-state index contributed by atoms with van der Waals surface area (Å²) in [6.07, 6.45) is 0.593. The molecule has 0 radical (unpaired) electrons. The first-order valence-electron chi connectivity index (χ1n) is 5.03. The fraction of sp³-hybridized carbons (Fsp3) is 0.556. The molecule has 0 bridgehead atoms. The van der Waals surface area contributed by atoms with E-state index in [-0.39, 0.29) is 17.4 Å². The minimum Gasteiger partial charge on any atom is -0.308 e. The van der Waals surface area contributed by atoms with Gasteiger partial charge in [-0.05, 0) is 13.3 Å². The SMILES string of the molecule is Cc1cc(NN)nc(C2CCS(=O)(=O)C2)n1. The average Bonchev–Trinajstić information content (AvgIpc) is 2.58. The second-order valence-corrected chi connectivity index (χ2v) is 6.23. The van der Waals surface area contributed by atoms with Crippen LogP contribution in [0.1, 0.15) is 23.9 Å². The van der Waals surface area contributed by atoms with Gasteiger partial charge in [0, 0.05) is 17.7 Å². The monoisotopic (exact) mass is 242 g/mol. The molecule has 0 aromatic carbocycles. The van der Waals surface area contributed by atoms with Crippen LogP contribution < -0.4 is 11.3 Å². The van der Waals surface area contributed by atoms with Crippen LogP contribution in [0, 0.1) is 6.92 Å². The summed E-state index contributed by atoms with van der Waals surface area (Å²) in [7, 11) is -2.91. The molecule has 0 amide bonds. The van der Waals surface area contributed by atoms with Gasteiger partial charge in [-0.25, -0.2) is 24.2 Å². The van der Waals surface area contributed by atoms with E-state index in [0.29, 0.717) is 18.1 Å². The third-order valence-electron chi connectivity index (χ3n) is 2.62. The van der Waals surface area contributed by atoms with Crippen molar-refractivity contribution in [2.45, 2.75) is 19.3 Å². The summed E-state index contributed by atoms with van der Waals surface area (Å²) in [5, 5.41) is 0. The molecule has 0 spiro atoms. The third kappa shape index (κ3) is 2.30. The van der Waals surface area contributed by atoms with Gasteiger partial charge in [0.15, 0.2) is 9.84 Å². The highest BCUT2D eigenvalue weighted by Crippen LogP contribution is 2.27. The highest BCUT2D eigenvalue weighted by molar-refractivity contribution is 7.91. The maximum atomic E-state index is 11.4. The number of hydrogen-bond donors (Lipinski definition) is 2.